The van der Waals surface area contributed by atoms with Crippen molar-refractivity contribution in [2.75, 3.05) is 13.2 Å². The minimum absolute atomic E-state index is 0.117. The second-order valence-electron chi connectivity index (χ2n) is 4.01. The van der Waals surface area contributed by atoms with E-state index < -0.39 is 0 Å². The van der Waals surface area contributed by atoms with Gasteiger partial charge in [-0.15, -0.1) is 0 Å². The summed E-state index contributed by atoms with van der Waals surface area (Å²) < 4.78 is 4.83. The number of ether oxygens (including phenoxy) is 1. The molecule has 0 aliphatic heterocycles. The van der Waals surface area contributed by atoms with Crippen LogP contribution in [0.15, 0.2) is 0 Å². The fourth-order valence-electron chi connectivity index (χ4n) is 1.89. The van der Waals surface area contributed by atoms with E-state index in [4.69, 9.17) is 4.74 Å². The van der Waals surface area contributed by atoms with E-state index in [0.29, 0.717) is 25.6 Å². The Labute approximate surface area is 91.0 Å². The highest BCUT2D eigenvalue weighted by Crippen LogP contribution is 2.17. The monoisotopic (exact) mass is 215 g/mol. The van der Waals surface area contributed by atoms with Gasteiger partial charge in [0.05, 0.1) is 19.1 Å². The number of aliphatic hydroxyl groups is 1. The van der Waals surface area contributed by atoms with Gasteiger partial charge >= 0.3 is 5.97 Å². The largest absolute Gasteiger partial charge is 0.466 e. The maximum absolute atomic E-state index is 11.0. The summed E-state index contributed by atoms with van der Waals surface area (Å²) >= 11 is 0. The molecule has 0 aromatic heterocycles. The SMILES string of the molecule is CCOC(=O)CCNC1CCC(O)CC1. The Bertz CT molecular complexity index is 188. The fourth-order valence-corrected chi connectivity index (χ4v) is 1.89. The van der Waals surface area contributed by atoms with E-state index >= 15 is 0 Å². The smallest absolute Gasteiger partial charge is 0.307 e. The van der Waals surface area contributed by atoms with Gasteiger partial charge in [0, 0.05) is 12.6 Å². The molecule has 0 heterocycles. The van der Waals surface area contributed by atoms with E-state index in [1.165, 1.54) is 0 Å². The van der Waals surface area contributed by atoms with Gasteiger partial charge in [0.25, 0.3) is 0 Å². The van der Waals surface area contributed by atoms with Gasteiger partial charge < -0.3 is 15.2 Å². The van der Waals surface area contributed by atoms with Crippen LogP contribution in [0.5, 0.6) is 0 Å². The summed E-state index contributed by atoms with van der Waals surface area (Å²) in [5.41, 5.74) is 0. The van der Waals surface area contributed by atoms with E-state index in [1.54, 1.807) is 0 Å². The summed E-state index contributed by atoms with van der Waals surface area (Å²) in [7, 11) is 0. The molecular weight excluding hydrogens is 194 g/mol. The van der Waals surface area contributed by atoms with Crippen LogP contribution < -0.4 is 5.32 Å². The van der Waals surface area contributed by atoms with Crippen LogP contribution in [0.4, 0.5) is 0 Å². The molecule has 0 radical (unpaired) electrons. The van der Waals surface area contributed by atoms with Crippen molar-refractivity contribution < 1.29 is 14.6 Å². The molecule has 0 atom stereocenters. The number of rotatable bonds is 5. The van der Waals surface area contributed by atoms with Crippen LogP contribution in [-0.4, -0.2) is 36.4 Å². The molecule has 0 amide bonds. The van der Waals surface area contributed by atoms with Crippen molar-refractivity contribution in [3.05, 3.63) is 0 Å². The first-order valence-electron chi connectivity index (χ1n) is 5.79. The molecule has 15 heavy (non-hydrogen) atoms. The summed E-state index contributed by atoms with van der Waals surface area (Å²) in [4.78, 5) is 11.0. The van der Waals surface area contributed by atoms with E-state index in [-0.39, 0.29) is 12.1 Å². The lowest BCUT2D eigenvalue weighted by molar-refractivity contribution is -0.143. The quantitative estimate of drug-likeness (QED) is 0.667. The first-order chi connectivity index (χ1) is 7.22. The summed E-state index contributed by atoms with van der Waals surface area (Å²) in [6, 6.07) is 0.461. The molecule has 0 bridgehead atoms. The van der Waals surface area contributed by atoms with Crippen LogP contribution in [0.1, 0.15) is 39.0 Å². The third-order valence-electron chi connectivity index (χ3n) is 2.76. The van der Waals surface area contributed by atoms with Gasteiger partial charge in [0.2, 0.25) is 0 Å². The highest BCUT2D eigenvalue weighted by atomic mass is 16.5. The lowest BCUT2D eigenvalue weighted by atomic mass is 9.93. The minimum atomic E-state index is -0.138. The number of esters is 1. The van der Waals surface area contributed by atoms with Gasteiger partial charge in [-0.1, -0.05) is 0 Å². The number of carbonyl (C=O) groups excluding carboxylic acids is 1. The molecule has 4 nitrogen and oxygen atoms in total. The average Bonchev–Trinajstić information content (AvgIpc) is 2.21. The molecule has 0 unspecified atom stereocenters. The topological polar surface area (TPSA) is 58.6 Å². The Morgan fingerprint density at radius 2 is 2.07 bits per heavy atom. The molecule has 88 valence electrons. The second kappa shape index (κ2) is 6.80. The Hall–Kier alpha value is -0.610. The van der Waals surface area contributed by atoms with E-state index in [9.17, 15) is 9.90 Å². The van der Waals surface area contributed by atoms with Crippen molar-refractivity contribution in [3.63, 3.8) is 0 Å². The Morgan fingerprint density at radius 3 is 2.67 bits per heavy atom. The molecular formula is C11H21NO3. The second-order valence-corrected chi connectivity index (χ2v) is 4.01. The number of hydrogen-bond acceptors (Lipinski definition) is 4. The molecule has 0 aromatic carbocycles. The van der Waals surface area contributed by atoms with Crippen LogP contribution in [0.25, 0.3) is 0 Å². The van der Waals surface area contributed by atoms with Crippen LogP contribution in [0.2, 0.25) is 0 Å². The van der Waals surface area contributed by atoms with Gasteiger partial charge in [0.15, 0.2) is 0 Å². The fraction of sp³-hybridized carbons (Fsp3) is 0.909. The van der Waals surface area contributed by atoms with Gasteiger partial charge in [-0.25, -0.2) is 0 Å². The zero-order valence-electron chi connectivity index (χ0n) is 9.37. The third-order valence-corrected chi connectivity index (χ3v) is 2.76. The van der Waals surface area contributed by atoms with Crippen molar-refractivity contribution in [3.8, 4) is 0 Å². The Kier molecular flexibility index (Phi) is 5.65. The molecule has 4 heteroatoms. The summed E-state index contributed by atoms with van der Waals surface area (Å²) in [5, 5.41) is 12.6. The standard InChI is InChI=1S/C11H21NO3/c1-2-15-11(14)7-8-12-9-3-5-10(13)6-4-9/h9-10,12-13H,2-8H2,1H3. The van der Waals surface area contributed by atoms with Gasteiger partial charge in [-0.3, -0.25) is 4.79 Å². The Balaban J connectivity index is 2.02. The molecule has 1 rings (SSSR count). The summed E-state index contributed by atoms with van der Waals surface area (Å²) in [6.07, 6.45) is 4.07. The first kappa shape index (κ1) is 12.5. The van der Waals surface area contributed by atoms with Crippen LogP contribution in [0.3, 0.4) is 0 Å². The zero-order valence-corrected chi connectivity index (χ0v) is 9.37. The number of aliphatic hydroxyl groups excluding tert-OH is 1. The molecule has 0 aromatic rings. The predicted octanol–water partition coefficient (Wildman–Crippen LogP) is 0.833. The van der Waals surface area contributed by atoms with Gasteiger partial charge in [-0.2, -0.15) is 0 Å². The van der Waals surface area contributed by atoms with Crippen LogP contribution >= 0.6 is 0 Å². The van der Waals surface area contributed by atoms with Crippen molar-refractivity contribution in [2.24, 2.45) is 0 Å². The van der Waals surface area contributed by atoms with Crippen LogP contribution in [0, 0.1) is 0 Å². The minimum Gasteiger partial charge on any atom is -0.466 e. The molecule has 1 saturated carbocycles. The molecule has 1 aliphatic rings. The van der Waals surface area contributed by atoms with E-state index in [0.717, 1.165) is 25.7 Å². The van der Waals surface area contributed by atoms with Crippen molar-refractivity contribution in [1.82, 2.24) is 5.32 Å². The molecule has 2 N–H and O–H groups in total. The van der Waals surface area contributed by atoms with Crippen molar-refractivity contribution >= 4 is 5.97 Å². The van der Waals surface area contributed by atoms with Gasteiger partial charge in [-0.05, 0) is 32.6 Å². The summed E-state index contributed by atoms with van der Waals surface area (Å²) in [5.74, 6) is -0.138. The molecule has 1 aliphatic carbocycles. The molecule has 1 fully saturated rings. The average molecular weight is 215 g/mol. The highest BCUT2D eigenvalue weighted by Gasteiger charge is 2.18. The lowest BCUT2D eigenvalue weighted by Gasteiger charge is -2.26. The zero-order chi connectivity index (χ0) is 11.1. The van der Waals surface area contributed by atoms with Crippen molar-refractivity contribution in [1.29, 1.82) is 0 Å². The normalized spacial score (nSPS) is 26.3. The maximum Gasteiger partial charge on any atom is 0.307 e. The maximum atomic E-state index is 11.0. The number of hydrogen-bond donors (Lipinski definition) is 2. The lowest BCUT2D eigenvalue weighted by Crippen LogP contribution is -2.35. The Morgan fingerprint density at radius 1 is 1.40 bits per heavy atom. The molecule has 0 spiro atoms. The third kappa shape index (κ3) is 5.14. The highest BCUT2D eigenvalue weighted by molar-refractivity contribution is 5.69. The number of carbonyl (C=O) groups is 1. The van der Waals surface area contributed by atoms with E-state index in [1.807, 2.05) is 6.92 Å². The first-order valence-corrected chi connectivity index (χ1v) is 5.79. The molecule has 0 saturated heterocycles. The predicted molar refractivity (Wildman–Crippen MR) is 57.5 cm³/mol. The van der Waals surface area contributed by atoms with Crippen molar-refractivity contribution in [2.45, 2.75) is 51.2 Å². The van der Waals surface area contributed by atoms with Gasteiger partial charge in [0.1, 0.15) is 0 Å². The van der Waals surface area contributed by atoms with E-state index in [2.05, 4.69) is 5.32 Å². The van der Waals surface area contributed by atoms with Crippen LogP contribution in [-0.2, 0) is 9.53 Å². The summed E-state index contributed by atoms with van der Waals surface area (Å²) in [6.45, 7) is 2.95. The number of nitrogens with one attached hydrogen (secondary N) is 1.